The SMILES string of the molecule is O=C(O)c1cccc(CN2CCC[C@H]3CCCC[C@H]32)c1F. The van der Waals surface area contributed by atoms with Gasteiger partial charge in [0.15, 0.2) is 0 Å². The van der Waals surface area contributed by atoms with E-state index in [-0.39, 0.29) is 5.56 Å². The molecule has 1 N–H and O–H groups in total. The second-order valence-corrected chi connectivity index (χ2v) is 6.31. The van der Waals surface area contributed by atoms with Crippen LogP contribution in [0.5, 0.6) is 0 Å². The lowest BCUT2D eigenvalue weighted by atomic mass is 9.78. The zero-order valence-corrected chi connectivity index (χ0v) is 12.2. The van der Waals surface area contributed by atoms with Crippen molar-refractivity contribution in [2.45, 2.75) is 51.1 Å². The zero-order valence-electron chi connectivity index (χ0n) is 12.2. The Hall–Kier alpha value is -1.42. The molecule has 3 rings (SSSR count). The number of carboxylic acid groups (broad SMARTS) is 1. The molecule has 2 atom stereocenters. The number of piperidine rings is 1. The van der Waals surface area contributed by atoms with Crippen LogP contribution in [0.25, 0.3) is 0 Å². The van der Waals surface area contributed by atoms with E-state index in [1.54, 1.807) is 12.1 Å². The van der Waals surface area contributed by atoms with E-state index in [0.717, 1.165) is 12.5 Å². The van der Waals surface area contributed by atoms with Crippen LogP contribution in [0.1, 0.15) is 54.4 Å². The van der Waals surface area contributed by atoms with Crippen LogP contribution in [-0.4, -0.2) is 28.6 Å². The molecule has 2 aliphatic rings. The van der Waals surface area contributed by atoms with Crippen molar-refractivity contribution < 1.29 is 14.3 Å². The first-order chi connectivity index (χ1) is 10.2. The third kappa shape index (κ3) is 2.95. The van der Waals surface area contributed by atoms with Gasteiger partial charge >= 0.3 is 5.97 Å². The van der Waals surface area contributed by atoms with Crippen molar-refractivity contribution in [1.82, 2.24) is 4.90 Å². The third-order valence-corrected chi connectivity index (χ3v) is 5.04. The Kier molecular flexibility index (Phi) is 4.24. The van der Waals surface area contributed by atoms with Gasteiger partial charge in [0.05, 0.1) is 5.56 Å². The molecule has 21 heavy (non-hydrogen) atoms. The maximum Gasteiger partial charge on any atom is 0.338 e. The minimum Gasteiger partial charge on any atom is -0.478 e. The first-order valence-corrected chi connectivity index (χ1v) is 7.91. The van der Waals surface area contributed by atoms with Gasteiger partial charge in [0.1, 0.15) is 5.82 Å². The molecule has 0 radical (unpaired) electrons. The molecule has 1 saturated carbocycles. The quantitative estimate of drug-likeness (QED) is 0.923. The summed E-state index contributed by atoms with van der Waals surface area (Å²) in [5.74, 6) is -1.01. The second-order valence-electron chi connectivity index (χ2n) is 6.31. The molecule has 114 valence electrons. The lowest BCUT2D eigenvalue weighted by Gasteiger charge is -2.44. The highest BCUT2D eigenvalue weighted by Crippen LogP contribution is 2.36. The first kappa shape index (κ1) is 14.5. The van der Waals surface area contributed by atoms with E-state index in [0.29, 0.717) is 18.2 Å². The summed E-state index contributed by atoms with van der Waals surface area (Å²) < 4.78 is 14.3. The Bertz CT molecular complexity index is 530. The summed E-state index contributed by atoms with van der Waals surface area (Å²) >= 11 is 0. The van der Waals surface area contributed by atoms with Gasteiger partial charge in [0.2, 0.25) is 0 Å². The molecular formula is C17H22FNO2. The predicted molar refractivity (Wildman–Crippen MR) is 78.7 cm³/mol. The number of hydrogen-bond acceptors (Lipinski definition) is 2. The molecule has 0 amide bonds. The van der Waals surface area contributed by atoms with Gasteiger partial charge in [-0.25, -0.2) is 9.18 Å². The zero-order chi connectivity index (χ0) is 14.8. The standard InChI is InChI=1S/C17H22FNO2/c18-16-13(6-3-8-14(16)17(20)21)11-19-10-4-7-12-5-1-2-9-15(12)19/h3,6,8,12,15H,1-2,4-5,7,9-11H2,(H,20,21)/t12-,15-/m1/s1. The third-order valence-electron chi connectivity index (χ3n) is 5.04. The number of carbonyl (C=O) groups is 1. The average Bonchev–Trinajstić information content (AvgIpc) is 2.49. The van der Waals surface area contributed by atoms with Crippen molar-refractivity contribution in [2.24, 2.45) is 5.92 Å². The number of hydrogen-bond donors (Lipinski definition) is 1. The van der Waals surface area contributed by atoms with Crippen LogP contribution in [0.15, 0.2) is 18.2 Å². The van der Waals surface area contributed by atoms with Crippen LogP contribution in [0.4, 0.5) is 4.39 Å². The van der Waals surface area contributed by atoms with E-state index in [4.69, 9.17) is 5.11 Å². The smallest absolute Gasteiger partial charge is 0.338 e. The minimum atomic E-state index is -1.19. The number of rotatable bonds is 3. The van der Waals surface area contributed by atoms with Crippen LogP contribution in [-0.2, 0) is 6.54 Å². The molecule has 1 aliphatic heterocycles. The number of benzene rings is 1. The fraction of sp³-hybridized carbons (Fsp3) is 0.588. The van der Waals surface area contributed by atoms with Gasteiger partial charge in [-0.2, -0.15) is 0 Å². The molecule has 0 unspecified atom stereocenters. The Morgan fingerprint density at radius 2 is 2.00 bits per heavy atom. The Morgan fingerprint density at radius 1 is 1.24 bits per heavy atom. The van der Waals surface area contributed by atoms with Gasteiger partial charge in [-0.3, -0.25) is 4.90 Å². The fourth-order valence-electron chi connectivity index (χ4n) is 4.01. The highest BCUT2D eigenvalue weighted by molar-refractivity contribution is 5.88. The number of nitrogens with zero attached hydrogens (tertiary/aromatic N) is 1. The first-order valence-electron chi connectivity index (χ1n) is 7.91. The van der Waals surface area contributed by atoms with E-state index in [1.165, 1.54) is 44.6 Å². The van der Waals surface area contributed by atoms with E-state index in [9.17, 15) is 9.18 Å². The summed E-state index contributed by atoms with van der Waals surface area (Å²) in [5, 5.41) is 9.03. The summed E-state index contributed by atoms with van der Waals surface area (Å²) in [6.45, 7) is 1.53. The van der Waals surface area contributed by atoms with Crippen molar-refractivity contribution in [3.8, 4) is 0 Å². The maximum atomic E-state index is 14.3. The Labute approximate surface area is 124 Å². The van der Waals surface area contributed by atoms with Gasteiger partial charge in [-0.05, 0) is 44.2 Å². The van der Waals surface area contributed by atoms with Crippen LogP contribution >= 0.6 is 0 Å². The molecule has 0 spiro atoms. The molecule has 1 heterocycles. The van der Waals surface area contributed by atoms with Gasteiger partial charge < -0.3 is 5.11 Å². The van der Waals surface area contributed by atoms with Gasteiger partial charge in [-0.1, -0.05) is 25.0 Å². The van der Waals surface area contributed by atoms with E-state index < -0.39 is 11.8 Å². The molecule has 1 aliphatic carbocycles. The van der Waals surface area contributed by atoms with Crippen molar-refractivity contribution >= 4 is 5.97 Å². The highest BCUT2D eigenvalue weighted by atomic mass is 19.1. The van der Waals surface area contributed by atoms with Crippen molar-refractivity contribution in [3.05, 3.63) is 35.1 Å². The number of fused-ring (bicyclic) bond motifs is 1. The number of likely N-dealkylation sites (tertiary alicyclic amines) is 1. The van der Waals surface area contributed by atoms with Crippen LogP contribution in [0, 0.1) is 11.7 Å². The molecule has 3 nitrogen and oxygen atoms in total. The Morgan fingerprint density at radius 3 is 2.81 bits per heavy atom. The molecule has 1 saturated heterocycles. The van der Waals surface area contributed by atoms with Crippen LogP contribution in [0.3, 0.4) is 0 Å². The van der Waals surface area contributed by atoms with E-state index >= 15 is 0 Å². The monoisotopic (exact) mass is 291 g/mol. The second kappa shape index (κ2) is 6.14. The van der Waals surface area contributed by atoms with Gasteiger partial charge in [-0.15, -0.1) is 0 Å². The molecular weight excluding hydrogens is 269 g/mol. The molecule has 0 aromatic heterocycles. The van der Waals surface area contributed by atoms with Crippen LogP contribution in [0.2, 0.25) is 0 Å². The molecule has 4 heteroatoms. The lowest BCUT2D eigenvalue weighted by molar-refractivity contribution is 0.0536. The van der Waals surface area contributed by atoms with Crippen LogP contribution < -0.4 is 0 Å². The molecule has 0 bridgehead atoms. The summed E-state index contributed by atoms with van der Waals surface area (Å²) in [6, 6.07) is 5.25. The summed E-state index contributed by atoms with van der Waals surface area (Å²) in [5.41, 5.74) is 0.297. The summed E-state index contributed by atoms with van der Waals surface area (Å²) in [7, 11) is 0. The van der Waals surface area contributed by atoms with Crippen molar-refractivity contribution in [3.63, 3.8) is 0 Å². The van der Waals surface area contributed by atoms with Gasteiger partial charge in [0, 0.05) is 18.2 Å². The largest absolute Gasteiger partial charge is 0.478 e. The molecule has 2 fully saturated rings. The fourth-order valence-corrected chi connectivity index (χ4v) is 4.01. The number of carboxylic acids is 1. The van der Waals surface area contributed by atoms with E-state index in [1.807, 2.05) is 0 Å². The lowest BCUT2D eigenvalue weighted by Crippen LogP contribution is -2.46. The molecule has 1 aromatic carbocycles. The normalized spacial score (nSPS) is 26.3. The summed E-state index contributed by atoms with van der Waals surface area (Å²) in [6.07, 6.45) is 7.52. The topological polar surface area (TPSA) is 40.5 Å². The number of halogens is 1. The summed E-state index contributed by atoms with van der Waals surface area (Å²) in [4.78, 5) is 13.4. The maximum absolute atomic E-state index is 14.3. The van der Waals surface area contributed by atoms with Crippen molar-refractivity contribution in [1.29, 1.82) is 0 Å². The number of aromatic carboxylic acids is 1. The average molecular weight is 291 g/mol. The van der Waals surface area contributed by atoms with E-state index in [2.05, 4.69) is 4.90 Å². The minimum absolute atomic E-state index is 0.218. The van der Waals surface area contributed by atoms with Crippen molar-refractivity contribution in [2.75, 3.05) is 6.54 Å². The predicted octanol–water partition coefficient (Wildman–Crippen LogP) is 3.68. The highest BCUT2D eigenvalue weighted by Gasteiger charge is 2.33. The Balaban J connectivity index is 1.79. The van der Waals surface area contributed by atoms with Gasteiger partial charge in [0.25, 0.3) is 0 Å². The molecule has 1 aromatic rings.